The monoisotopic (exact) mass is 465 g/mol. The van der Waals surface area contributed by atoms with Crippen LogP contribution in [0.2, 0.25) is 5.02 Å². The molecule has 3 aromatic rings. The zero-order chi connectivity index (χ0) is 23.8. The van der Waals surface area contributed by atoms with Gasteiger partial charge in [0.2, 0.25) is 0 Å². The van der Waals surface area contributed by atoms with Gasteiger partial charge in [-0.2, -0.15) is 5.10 Å². The zero-order valence-corrected chi connectivity index (χ0v) is 18.6. The van der Waals surface area contributed by atoms with Crippen molar-refractivity contribution in [3.05, 3.63) is 88.4 Å². The van der Waals surface area contributed by atoms with E-state index in [0.717, 1.165) is 5.56 Å². The Kier molecular flexibility index (Phi) is 7.77. The second-order valence-corrected chi connectivity index (χ2v) is 7.21. The number of ether oxygens (including phenoxy) is 2. The van der Waals surface area contributed by atoms with Crippen LogP contribution in [0.15, 0.2) is 71.8 Å². The molecule has 168 valence electrons. The fraction of sp³-hybridized carbons (Fsp3) is 0.0833. The van der Waals surface area contributed by atoms with Crippen LogP contribution in [0.1, 0.15) is 21.5 Å². The van der Waals surface area contributed by atoms with Gasteiger partial charge in [0, 0.05) is 10.7 Å². The van der Waals surface area contributed by atoms with Crippen LogP contribution in [-0.2, 0) is 9.59 Å². The normalized spacial score (nSPS) is 10.5. The summed E-state index contributed by atoms with van der Waals surface area (Å²) < 4.78 is 10.8. The number of rotatable bonds is 6. The number of carbonyl (C=O) groups is 3. The predicted molar refractivity (Wildman–Crippen MR) is 125 cm³/mol. The van der Waals surface area contributed by atoms with Crippen molar-refractivity contribution >= 4 is 41.3 Å². The number of benzene rings is 3. The van der Waals surface area contributed by atoms with Crippen LogP contribution < -0.4 is 20.2 Å². The number of halogens is 1. The van der Waals surface area contributed by atoms with Gasteiger partial charge in [-0.25, -0.2) is 10.2 Å². The fourth-order valence-electron chi connectivity index (χ4n) is 2.78. The molecule has 0 aliphatic rings. The summed E-state index contributed by atoms with van der Waals surface area (Å²) in [6, 6.07) is 18.2. The summed E-state index contributed by atoms with van der Waals surface area (Å²) in [6.45, 7) is 1.82. The van der Waals surface area contributed by atoms with E-state index >= 15 is 0 Å². The molecule has 0 spiro atoms. The highest BCUT2D eigenvalue weighted by molar-refractivity contribution is 6.39. The molecule has 8 nitrogen and oxygen atoms in total. The first-order valence-electron chi connectivity index (χ1n) is 9.73. The molecule has 0 aromatic heterocycles. The molecule has 0 saturated heterocycles. The van der Waals surface area contributed by atoms with E-state index in [9.17, 15) is 14.4 Å². The third-order valence-corrected chi connectivity index (χ3v) is 4.66. The van der Waals surface area contributed by atoms with Crippen molar-refractivity contribution in [2.24, 2.45) is 5.10 Å². The predicted octanol–water partition coefficient (Wildman–Crippen LogP) is 3.97. The number of nitrogens with one attached hydrogen (secondary N) is 2. The summed E-state index contributed by atoms with van der Waals surface area (Å²) in [5.41, 5.74) is 4.30. The van der Waals surface area contributed by atoms with E-state index in [0.29, 0.717) is 27.6 Å². The molecule has 2 N–H and O–H groups in total. The van der Waals surface area contributed by atoms with Crippen LogP contribution in [-0.4, -0.2) is 31.1 Å². The number of carbonyl (C=O) groups excluding carboxylic acids is 3. The number of amides is 2. The van der Waals surface area contributed by atoms with E-state index in [1.807, 2.05) is 19.1 Å². The average Bonchev–Trinajstić information content (AvgIpc) is 2.80. The molecular weight excluding hydrogens is 446 g/mol. The van der Waals surface area contributed by atoms with Crippen molar-refractivity contribution < 1.29 is 23.9 Å². The number of hydrogen-bond acceptors (Lipinski definition) is 6. The van der Waals surface area contributed by atoms with Gasteiger partial charge in [-0.15, -0.1) is 0 Å². The lowest BCUT2D eigenvalue weighted by atomic mass is 10.1. The minimum atomic E-state index is -0.957. The lowest BCUT2D eigenvalue weighted by molar-refractivity contribution is -0.136. The van der Waals surface area contributed by atoms with Crippen LogP contribution in [0, 0.1) is 6.92 Å². The average molecular weight is 466 g/mol. The molecule has 0 aliphatic heterocycles. The number of esters is 1. The number of nitrogens with zero attached hydrogens (tertiary/aromatic N) is 1. The molecule has 0 unspecified atom stereocenters. The van der Waals surface area contributed by atoms with Crippen LogP contribution in [0.5, 0.6) is 11.5 Å². The van der Waals surface area contributed by atoms with E-state index < -0.39 is 17.8 Å². The Hall–Kier alpha value is -4.17. The van der Waals surface area contributed by atoms with E-state index in [1.165, 1.54) is 19.4 Å². The second kappa shape index (κ2) is 10.9. The van der Waals surface area contributed by atoms with Crippen molar-refractivity contribution in [3.8, 4) is 11.5 Å². The van der Waals surface area contributed by atoms with Crippen molar-refractivity contribution in [2.45, 2.75) is 6.92 Å². The number of methoxy groups -OCH3 is 1. The molecule has 3 aromatic carbocycles. The first kappa shape index (κ1) is 23.5. The molecule has 3 rings (SSSR count). The van der Waals surface area contributed by atoms with E-state index in [4.69, 9.17) is 21.1 Å². The minimum Gasteiger partial charge on any atom is -0.493 e. The van der Waals surface area contributed by atoms with Crippen molar-refractivity contribution in [3.63, 3.8) is 0 Å². The topological polar surface area (TPSA) is 106 Å². The highest BCUT2D eigenvalue weighted by atomic mass is 35.5. The molecule has 33 heavy (non-hydrogen) atoms. The Balaban J connectivity index is 1.62. The summed E-state index contributed by atoms with van der Waals surface area (Å²) in [5.74, 6) is -1.84. The third kappa shape index (κ3) is 6.41. The molecular formula is C24H20ClN3O5. The number of aryl methyl sites for hydroxylation is 1. The largest absolute Gasteiger partial charge is 0.493 e. The van der Waals surface area contributed by atoms with Crippen LogP contribution >= 0.6 is 11.6 Å². The van der Waals surface area contributed by atoms with Crippen LogP contribution in [0.3, 0.4) is 0 Å². The van der Waals surface area contributed by atoms with Gasteiger partial charge >= 0.3 is 17.8 Å². The highest BCUT2D eigenvalue weighted by Crippen LogP contribution is 2.28. The maximum atomic E-state index is 12.5. The zero-order valence-electron chi connectivity index (χ0n) is 17.8. The van der Waals surface area contributed by atoms with E-state index in [2.05, 4.69) is 15.8 Å². The summed E-state index contributed by atoms with van der Waals surface area (Å²) in [5, 5.41) is 6.61. The maximum absolute atomic E-state index is 12.5. The smallest absolute Gasteiger partial charge is 0.343 e. The first-order chi connectivity index (χ1) is 15.9. The Morgan fingerprint density at radius 2 is 1.73 bits per heavy atom. The number of hydrazone groups is 1. The standard InChI is InChI=1S/C24H20ClN3O5/c1-15-6-3-4-9-19(15)24(31)33-20-11-10-16(12-21(20)32-2)14-26-28-23(30)22(29)27-18-8-5-7-17(25)13-18/h3-14H,1-2H3,(H,27,29)(H,28,30)/b26-14+. The molecule has 0 atom stereocenters. The highest BCUT2D eigenvalue weighted by Gasteiger charge is 2.15. The summed E-state index contributed by atoms with van der Waals surface area (Å²) in [7, 11) is 1.43. The van der Waals surface area contributed by atoms with Gasteiger partial charge in [-0.05, 0) is 60.5 Å². The second-order valence-electron chi connectivity index (χ2n) is 6.78. The molecule has 0 heterocycles. The number of hydrogen-bond donors (Lipinski definition) is 2. The lowest BCUT2D eigenvalue weighted by Crippen LogP contribution is -2.32. The Labute approximate surface area is 195 Å². The molecule has 0 aliphatic carbocycles. The van der Waals surface area contributed by atoms with Crippen molar-refractivity contribution in [1.82, 2.24) is 5.43 Å². The maximum Gasteiger partial charge on any atom is 0.343 e. The van der Waals surface area contributed by atoms with Gasteiger partial charge in [0.25, 0.3) is 0 Å². The van der Waals surface area contributed by atoms with Gasteiger partial charge in [0.15, 0.2) is 11.5 Å². The first-order valence-corrected chi connectivity index (χ1v) is 10.1. The SMILES string of the molecule is COc1cc(/C=N/NC(=O)C(=O)Nc2cccc(Cl)c2)ccc1OC(=O)c1ccccc1C. The van der Waals surface area contributed by atoms with Crippen LogP contribution in [0.25, 0.3) is 0 Å². The van der Waals surface area contributed by atoms with E-state index in [1.54, 1.807) is 48.5 Å². The van der Waals surface area contributed by atoms with Crippen molar-refractivity contribution in [2.75, 3.05) is 12.4 Å². The molecule has 0 saturated carbocycles. The van der Waals surface area contributed by atoms with Gasteiger partial charge in [0.05, 0.1) is 18.9 Å². The van der Waals surface area contributed by atoms with Gasteiger partial charge in [0.1, 0.15) is 0 Å². The van der Waals surface area contributed by atoms with Crippen molar-refractivity contribution in [1.29, 1.82) is 0 Å². The Morgan fingerprint density at radius 3 is 2.45 bits per heavy atom. The Morgan fingerprint density at radius 1 is 0.939 bits per heavy atom. The number of anilines is 1. The van der Waals surface area contributed by atoms with Crippen LogP contribution in [0.4, 0.5) is 5.69 Å². The van der Waals surface area contributed by atoms with Gasteiger partial charge < -0.3 is 14.8 Å². The molecule has 0 bridgehead atoms. The quantitative estimate of drug-likeness (QED) is 0.188. The Bertz CT molecular complexity index is 1230. The lowest BCUT2D eigenvalue weighted by Gasteiger charge is -2.11. The van der Waals surface area contributed by atoms with Gasteiger partial charge in [-0.1, -0.05) is 35.9 Å². The molecule has 0 radical (unpaired) electrons. The molecule has 9 heteroatoms. The summed E-state index contributed by atoms with van der Waals surface area (Å²) >= 11 is 5.85. The fourth-order valence-corrected chi connectivity index (χ4v) is 2.97. The molecule has 0 fully saturated rings. The summed E-state index contributed by atoms with van der Waals surface area (Å²) in [6.07, 6.45) is 1.32. The molecule has 2 amide bonds. The minimum absolute atomic E-state index is 0.229. The summed E-state index contributed by atoms with van der Waals surface area (Å²) in [4.78, 5) is 36.3. The third-order valence-electron chi connectivity index (χ3n) is 4.42. The van der Waals surface area contributed by atoms with E-state index in [-0.39, 0.29) is 5.75 Å². The van der Waals surface area contributed by atoms with Gasteiger partial charge in [-0.3, -0.25) is 9.59 Å².